The second-order valence-corrected chi connectivity index (χ2v) is 6.92. The van der Waals surface area contributed by atoms with Crippen molar-refractivity contribution in [3.63, 3.8) is 0 Å². The van der Waals surface area contributed by atoms with E-state index in [0.717, 1.165) is 31.5 Å². The van der Waals surface area contributed by atoms with E-state index in [9.17, 15) is 4.79 Å². The Bertz CT molecular complexity index is 698. The Morgan fingerprint density at radius 3 is 3.00 bits per heavy atom. The van der Waals surface area contributed by atoms with E-state index in [1.54, 1.807) is 6.20 Å². The van der Waals surface area contributed by atoms with E-state index in [4.69, 9.17) is 16.0 Å². The molecule has 128 valence electrons. The molecule has 4 nitrogen and oxygen atoms in total. The standard InChI is InChI=1S/C19H23ClN2O2/c1-14-5-4-11-22(12-10-14)19(23)9-8-18-21-13-17(24-18)15-6-2-3-7-16(15)20/h2-3,6-7,13-14H,4-5,8-12H2,1H3. The molecule has 1 aliphatic heterocycles. The quantitative estimate of drug-likeness (QED) is 0.814. The van der Waals surface area contributed by atoms with Gasteiger partial charge in [-0.15, -0.1) is 0 Å². The molecule has 0 saturated carbocycles. The van der Waals surface area contributed by atoms with Crippen LogP contribution in [0.1, 0.15) is 38.5 Å². The molecule has 1 aromatic carbocycles. The van der Waals surface area contributed by atoms with Crippen LogP contribution in [0.3, 0.4) is 0 Å². The summed E-state index contributed by atoms with van der Waals surface area (Å²) in [5, 5.41) is 0.634. The summed E-state index contributed by atoms with van der Waals surface area (Å²) in [7, 11) is 0. The predicted octanol–water partition coefficient (Wildman–Crippen LogP) is 4.58. The lowest BCUT2D eigenvalue weighted by Gasteiger charge is -2.20. The van der Waals surface area contributed by atoms with Crippen LogP contribution in [-0.2, 0) is 11.2 Å². The van der Waals surface area contributed by atoms with Gasteiger partial charge < -0.3 is 9.32 Å². The van der Waals surface area contributed by atoms with E-state index in [-0.39, 0.29) is 5.91 Å². The Kier molecular flexibility index (Phi) is 5.56. The minimum absolute atomic E-state index is 0.196. The van der Waals surface area contributed by atoms with Crippen molar-refractivity contribution in [2.24, 2.45) is 5.92 Å². The van der Waals surface area contributed by atoms with Crippen LogP contribution < -0.4 is 0 Å². The summed E-state index contributed by atoms with van der Waals surface area (Å²) in [6.45, 7) is 4.01. The SMILES string of the molecule is CC1CCCN(C(=O)CCc2ncc(-c3ccccc3Cl)o2)CC1. The van der Waals surface area contributed by atoms with Gasteiger partial charge in [-0.3, -0.25) is 4.79 Å². The molecule has 24 heavy (non-hydrogen) atoms. The van der Waals surface area contributed by atoms with Gasteiger partial charge in [0.25, 0.3) is 0 Å². The molecule has 2 heterocycles. The third-order valence-corrected chi connectivity index (χ3v) is 4.94. The van der Waals surface area contributed by atoms with Crippen LogP contribution in [0.5, 0.6) is 0 Å². The number of oxazole rings is 1. The van der Waals surface area contributed by atoms with Crippen molar-refractivity contribution >= 4 is 17.5 Å². The van der Waals surface area contributed by atoms with Crippen molar-refractivity contribution in [3.8, 4) is 11.3 Å². The Morgan fingerprint density at radius 2 is 2.17 bits per heavy atom. The molecule has 1 aliphatic rings. The lowest BCUT2D eigenvalue weighted by atomic mass is 10.0. The van der Waals surface area contributed by atoms with E-state index < -0.39 is 0 Å². The van der Waals surface area contributed by atoms with Crippen molar-refractivity contribution in [1.29, 1.82) is 0 Å². The number of aromatic nitrogens is 1. The highest BCUT2D eigenvalue weighted by Gasteiger charge is 2.19. The molecule has 5 heteroatoms. The van der Waals surface area contributed by atoms with Crippen molar-refractivity contribution in [2.75, 3.05) is 13.1 Å². The molecule has 1 unspecified atom stereocenters. The van der Waals surface area contributed by atoms with Crippen LogP contribution in [0.2, 0.25) is 5.02 Å². The first-order valence-electron chi connectivity index (χ1n) is 8.61. The normalized spacial score (nSPS) is 18.4. The lowest BCUT2D eigenvalue weighted by molar-refractivity contribution is -0.131. The molecule has 3 rings (SSSR count). The summed E-state index contributed by atoms with van der Waals surface area (Å²) >= 11 is 6.18. The smallest absolute Gasteiger partial charge is 0.223 e. The highest BCUT2D eigenvalue weighted by atomic mass is 35.5. The lowest BCUT2D eigenvalue weighted by Crippen LogP contribution is -2.32. The van der Waals surface area contributed by atoms with E-state index in [1.165, 1.54) is 6.42 Å². The molecule has 2 aromatic rings. The summed E-state index contributed by atoms with van der Waals surface area (Å²) < 4.78 is 5.76. The zero-order chi connectivity index (χ0) is 16.9. The maximum absolute atomic E-state index is 12.4. The fourth-order valence-electron chi connectivity index (χ4n) is 3.10. The van der Waals surface area contributed by atoms with Crippen molar-refractivity contribution in [3.05, 3.63) is 41.4 Å². The molecule has 1 amide bonds. The average Bonchev–Trinajstić information content (AvgIpc) is 2.94. The second kappa shape index (κ2) is 7.84. The summed E-state index contributed by atoms with van der Waals surface area (Å²) in [4.78, 5) is 18.7. The first-order valence-corrected chi connectivity index (χ1v) is 8.98. The van der Waals surface area contributed by atoms with Gasteiger partial charge in [0.15, 0.2) is 11.7 Å². The number of hydrogen-bond donors (Lipinski definition) is 0. The Labute approximate surface area is 147 Å². The number of halogens is 1. The Balaban J connectivity index is 1.57. The minimum atomic E-state index is 0.196. The Morgan fingerprint density at radius 1 is 1.33 bits per heavy atom. The van der Waals surface area contributed by atoms with E-state index in [0.29, 0.717) is 35.4 Å². The van der Waals surface area contributed by atoms with E-state index >= 15 is 0 Å². The number of benzene rings is 1. The fourth-order valence-corrected chi connectivity index (χ4v) is 3.32. The number of nitrogens with zero attached hydrogens (tertiary/aromatic N) is 2. The highest BCUT2D eigenvalue weighted by molar-refractivity contribution is 6.33. The van der Waals surface area contributed by atoms with Gasteiger partial charge in [0.05, 0.1) is 11.2 Å². The van der Waals surface area contributed by atoms with Crippen LogP contribution in [0.4, 0.5) is 0 Å². The van der Waals surface area contributed by atoms with Gasteiger partial charge in [0, 0.05) is 31.5 Å². The van der Waals surface area contributed by atoms with E-state index in [2.05, 4.69) is 11.9 Å². The van der Waals surface area contributed by atoms with Gasteiger partial charge in [0.2, 0.25) is 5.91 Å². The van der Waals surface area contributed by atoms with Gasteiger partial charge in [-0.25, -0.2) is 4.98 Å². The van der Waals surface area contributed by atoms with Crippen molar-refractivity contribution in [1.82, 2.24) is 9.88 Å². The molecular weight excluding hydrogens is 324 g/mol. The van der Waals surface area contributed by atoms with Gasteiger partial charge in [-0.05, 0) is 37.3 Å². The number of likely N-dealkylation sites (tertiary alicyclic amines) is 1. The van der Waals surface area contributed by atoms with Crippen LogP contribution in [-0.4, -0.2) is 28.9 Å². The maximum Gasteiger partial charge on any atom is 0.223 e. The first-order chi connectivity index (χ1) is 11.6. The summed E-state index contributed by atoms with van der Waals surface area (Å²) in [5.74, 6) is 2.14. The summed E-state index contributed by atoms with van der Waals surface area (Å²) in [6.07, 6.45) is 6.05. The second-order valence-electron chi connectivity index (χ2n) is 6.51. The number of carbonyl (C=O) groups excluding carboxylic acids is 1. The zero-order valence-corrected chi connectivity index (χ0v) is 14.8. The first kappa shape index (κ1) is 17.0. The highest BCUT2D eigenvalue weighted by Crippen LogP contribution is 2.28. The third kappa shape index (κ3) is 4.18. The monoisotopic (exact) mass is 346 g/mol. The summed E-state index contributed by atoms with van der Waals surface area (Å²) in [5.41, 5.74) is 0.825. The van der Waals surface area contributed by atoms with Gasteiger partial charge in [-0.1, -0.05) is 30.7 Å². The number of rotatable bonds is 4. The van der Waals surface area contributed by atoms with Gasteiger partial charge in [-0.2, -0.15) is 0 Å². The Hall–Kier alpha value is -1.81. The average molecular weight is 347 g/mol. The molecule has 0 radical (unpaired) electrons. The van der Waals surface area contributed by atoms with Crippen molar-refractivity contribution in [2.45, 2.75) is 39.0 Å². The fraction of sp³-hybridized carbons (Fsp3) is 0.474. The molecule has 0 spiro atoms. The number of hydrogen-bond acceptors (Lipinski definition) is 3. The van der Waals surface area contributed by atoms with Crippen molar-refractivity contribution < 1.29 is 9.21 Å². The predicted molar refractivity (Wildman–Crippen MR) is 94.9 cm³/mol. The van der Waals surface area contributed by atoms with Crippen LogP contribution in [0, 0.1) is 5.92 Å². The molecule has 1 fully saturated rings. The molecular formula is C19H23ClN2O2. The molecule has 0 aliphatic carbocycles. The molecule has 1 saturated heterocycles. The molecule has 0 bridgehead atoms. The van der Waals surface area contributed by atoms with Gasteiger partial charge >= 0.3 is 0 Å². The van der Waals surface area contributed by atoms with Crippen LogP contribution >= 0.6 is 11.6 Å². The number of aryl methyl sites for hydroxylation is 1. The van der Waals surface area contributed by atoms with Gasteiger partial charge in [0.1, 0.15) is 0 Å². The number of amides is 1. The van der Waals surface area contributed by atoms with Crippen LogP contribution in [0.15, 0.2) is 34.9 Å². The van der Waals surface area contributed by atoms with E-state index in [1.807, 2.05) is 29.2 Å². The molecule has 1 atom stereocenters. The number of carbonyl (C=O) groups is 1. The zero-order valence-electron chi connectivity index (χ0n) is 14.0. The molecule has 1 aromatic heterocycles. The summed E-state index contributed by atoms with van der Waals surface area (Å²) in [6, 6.07) is 7.51. The maximum atomic E-state index is 12.4. The largest absolute Gasteiger partial charge is 0.441 e. The minimum Gasteiger partial charge on any atom is -0.441 e. The third-order valence-electron chi connectivity index (χ3n) is 4.62. The molecule has 0 N–H and O–H groups in total. The topological polar surface area (TPSA) is 46.3 Å². The van der Waals surface area contributed by atoms with Crippen LogP contribution in [0.25, 0.3) is 11.3 Å².